The lowest BCUT2D eigenvalue weighted by molar-refractivity contribution is 0.252. The first kappa shape index (κ1) is 33.2. The molecule has 1 aliphatic rings. The molecule has 0 atom stereocenters. The summed E-state index contributed by atoms with van der Waals surface area (Å²) in [7, 11) is -2.69. The average Bonchev–Trinajstić information content (AvgIpc) is 3.07. The molecular formula is C37H36Cl2N4O2SSi. The van der Waals surface area contributed by atoms with Crippen LogP contribution >= 0.6 is 35.0 Å². The summed E-state index contributed by atoms with van der Waals surface area (Å²) in [5.41, 5.74) is 3.14. The van der Waals surface area contributed by atoms with Crippen molar-refractivity contribution in [3.63, 3.8) is 0 Å². The Morgan fingerprint density at radius 1 is 0.894 bits per heavy atom. The number of hydrogen-bond donors (Lipinski definition) is 0. The van der Waals surface area contributed by atoms with Crippen molar-refractivity contribution >= 4 is 76.9 Å². The van der Waals surface area contributed by atoms with Crippen LogP contribution in [0.1, 0.15) is 31.9 Å². The number of carbonyl (C=O) groups excluding carboxylic acids is 1. The first-order chi connectivity index (χ1) is 22.6. The van der Waals surface area contributed by atoms with Gasteiger partial charge in [0.15, 0.2) is 11.0 Å². The molecular weight excluding hydrogens is 663 g/mol. The summed E-state index contributed by atoms with van der Waals surface area (Å²) in [4.78, 5) is 26.9. The number of benzene rings is 4. The minimum absolute atomic E-state index is 0.122. The molecule has 0 saturated carbocycles. The minimum Gasteiger partial charge on any atom is -0.407 e. The molecule has 10 heteroatoms. The summed E-state index contributed by atoms with van der Waals surface area (Å²) in [5, 5.41) is 3.85. The van der Waals surface area contributed by atoms with Crippen molar-refractivity contribution in [2.45, 2.75) is 43.9 Å². The van der Waals surface area contributed by atoms with Crippen molar-refractivity contribution in [1.82, 2.24) is 9.97 Å². The zero-order valence-electron chi connectivity index (χ0n) is 26.8. The fraction of sp³-hybridized carbons (Fsp3) is 0.216. The van der Waals surface area contributed by atoms with Crippen LogP contribution in [-0.4, -0.2) is 37.2 Å². The molecule has 2 amide bonds. The van der Waals surface area contributed by atoms with Crippen LogP contribution in [0.25, 0.3) is 0 Å². The third-order valence-corrected chi connectivity index (χ3v) is 14.6. The second-order valence-electron chi connectivity index (χ2n) is 12.4. The van der Waals surface area contributed by atoms with E-state index in [1.165, 1.54) is 22.1 Å². The fourth-order valence-corrected chi connectivity index (χ4v) is 11.7. The highest BCUT2D eigenvalue weighted by Crippen LogP contribution is 2.40. The van der Waals surface area contributed by atoms with E-state index in [0.717, 1.165) is 11.1 Å². The molecule has 2 heterocycles. The standard InChI is InChI=1S/C37H36Cl2N4O2SSi/c1-37(2,3)47(30-14-7-5-8-15-30,31-16-9-6-10-17-31)45-21-20-26-12-11-13-29(22-26)43-34-27(24-40-35(41-34)46-4)25-42(36(43)44)33-19-18-28(38)23-32(33)39/h5-19,22-24H,20-21,25H2,1-4H3. The van der Waals surface area contributed by atoms with Gasteiger partial charge in [-0.2, -0.15) is 0 Å². The van der Waals surface area contributed by atoms with Crippen molar-refractivity contribution in [1.29, 1.82) is 0 Å². The van der Waals surface area contributed by atoms with Crippen LogP contribution in [0.2, 0.25) is 15.1 Å². The Morgan fingerprint density at radius 2 is 1.57 bits per heavy atom. The number of hydrogen-bond acceptors (Lipinski definition) is 5. The molecule has 1 aromatic heterocycles. The molecule has 0 aliphatic carbocycles. The molecule has 47 heavy (non-hydrogen) atoms. The van der Waals surface area contributed by atoms with Gasteiger partial charge in [-0.05, 0) is 64.0 Å². The van der Waals surface area contributed by atoms with Crippen LogP contribution in [0.4, 0.5) is 22.0 Å². The Kier molecular flexibility index (Phi) is 9.78. The molecule has 1 aliphatic heterocycles. The van der Waals surface area contributed by atoms with E-state index in [0.29, 0.717) is 45.4 Å². The van der Waals surface area contributed by atoms with Gasteiger partial charge in [-0.25, -0.2) is 19.7 Å². The molecule has 5 aromatic rings. The van der Waals surface area contributed by atoms with E-state index in [4.69, 9.17) is 32.6 Å². The van der Waals surface area contributed by atoms with Crippen LogP contribution in [0.5, 0.6) is 0 Å². The van der Waals surface area contributed by atoms with Crippen LogP contribution < -0.4 is 20.2 Å². The van der Waals surface area contributed by atoms with E-state index in [1.807, 2.05) is 24.5 Å². The maximum atomic E-state index is 14.3. The van der Waals surface area contributed by atoms with Gasteiger partial charge in [-0.3, -0.25) is 4.90 Å². The number of aromatic nitrogens is 2. The lowest BCUT2D eigenvalue weighted by atomic mass is 10.1. The second-order valence-corrected chi connectivity index (χ2v) is 18.4. The zero-order valence-corrected chi connectivity index (χ0v) is 30.1. The van der Waals surface area contributed by atoms with E-state index >= 15 is 0 Å². The average molecular weight is 700 g/mol. The van der Waals surface area contributed by atoms with Crippen LogP contribution in [-0.2, 0) is 17.4 Å². The van der Waals surface area contributed by atoms with E-state index in [2.05, 4.69) is 92.5 Å². The van der Waals surface area contributed by atoms with Gasteiger partial charge in [0.25, 0.3) is 8.32 Å². The van der Waals surface area contributed by atoms with E-state index in [9.17, 15) is 4.79 Å². The molecule has 0 bridgehead atoms. The Labute approximate surface area is 291 Å². The van der Waals surface area contributed by atoms with Crippen molar-refractivity contribution in [2.75, 3.05) is 22.7 Å². The molecule has 6 rings (SSSR count). The predicted molar refractivity (Wildman–Crippen MR) is 198 cm³/mol. The third kappa shape index (κ3) is 6.58. The summed E-state index contributed by atoms with van der Waals surface area (Å²) in [6.45, 7) is 7.65. The van der Waals surface area contributed by atoms with Crippen molar-refractivity contribution < 1.29 is 9.22 Å². The maximum absolute atomic E-state index is 14.3. The Morgan fingerprint density at radius 3 is 2.19 bits per heavy atom. The quantitative estimate of drug-likeness (QED) is 0.0874. The lowest BCUT2D eigenvalue weighted by Gasteiger charge is -2.43. The molecule has 0 saturated heterocycles. The fourth-order valence-electron chi connectivity index (χ4n) is 6.29. The van der Waals surface area contributed by atoms with Gasteiger partial charge in [0, 0.05) is 23.4 Å². The zero-order chi connectivity index (χ0) is 33.2. The molecule has 0 fully saturated rings. The highest BCUT2D eigenvalue weighted by Gasteiger charge is 2.50. The molecule has 0 unspecified atom stereocenters. The SMILES string of the molecule is CSc1ncc2c(n1)N(c1cccc(CCO[Si](c3ccccc3)(c3ccccc3)C(C)(C)C)c1)C(=O)N(c1ccc(Cl)cc1Cl)C2. The van der Waals surface area contributed by atoms with Crippen molar-refractivity contribution in [2.24, 2.45) is 0 Å². The number of thioether (sulfide) groups is 1. The maximum Gasteiger partial charge on any atom is 0.335 e. The Hall–Kier alpha value is -3.66. The van der Waals surface area contributed by atoms with Crippen LogP contribution in [0.3, 0.4) is 0 Å². The van der Waals surface area contributed by atoms with Gasteiger partial charge in [0.05, 0.1) is 22.9 Å². The molecule has 6 nitrogen and oxygen atoms in total. The first-order valence-corrected chi connectivity index (χ1v) is 19.3. The molecule has 0 spiro atoms. The summed E-state index contributed by atoms with van der Waals surface area (Å²) < 4.78 is 7.16. The second kappa shape index (κ2) is 13.8. The highest BCUT2D eigenvalue weighted by molar-refractivity contribution is 7.98. The van der Waals surface area contributed by atoms with E-state index < -0.39 is 8.32 Å². The number of fused-ring (bicyclic) bond motifs is 1. The summed E-state index contributed by atoms with van der Waals surface area (Å²) in [6, 6.07) is 34.2. The monoisotopic (exact) mass is 698 g/mol. The number of nitrogens with zero attached hydrogens (tertiary/aromatic N) is 4. The van der Waals surface area contributed by atoms with Gasteiger partial charge < -0.3 is 4.43 Å². The van der Waals surface area contributed by atoms with Gasteiger partial charge in [-0.15, -0.1) is 0 Å². The van der Waals surface area contributed by atoms with E-state index in [-0.39, 0.29) is 17.6 Å². The summed E-state index contributed by atoms with van der Waals surface area (Å²) in [6.07, 6.45) is 4.37. The first-order valence-electron chi connectivity index (χ1n) is 15.4. The smallest absolute Gasteiger partial charge is 0.335 e. The molecule has 4 aromatic carbocycles. The number of carbonyl (C=O) groups is 1. The van der Waals surface area contributed by atoms with Gasteiger partial charge in [0.2, 0.25) is 0 Å². The lowest BCUT2D eigenvalue weighted by Crippen LogP contribution is -2.66. The molecule has 0 radical (unpaired) electrons. The third-order valence-electron chi connectivity index (χ3n) is 8.46. The van der Waals surface area contributed by atoms with Gasteiger partial charge >= 0.3 is 6.03 Å². The Bertz CT molecular complexity index is 1850. The Balaban J connectivity index is 1.34. The number of rotatable bonds is 9. The van der Waals surface area contributed by atoms with Gasteiger partial charge in [0.1, 0.15) is 0 Å². The largest absolute Gasteiger partial charge is 0.407 e. The highest BCUT2D eigenvalue weighted by atomic mass is 35.5. The number of urea groups is 1. The van der Waals surface area contributed by atoms with Crippen LogP contribution in [0.15, 0.2) is 114 Å². The molecule has 0 N–H and O–H groups in total. The number of halogens is 2. The van der Waals surface area contributed by atoms with Crippen molar-refractivity contribution in [3.05, 3.63) is 130 Å². The number of anilines is 3. The topological polar surface area (TPSA) is 58.6 Å². The van der Waals surface area contributed by atoms with Crippen LogP contribution in [0, 0.1) is 0 Å². The molecule has 240 valence electrons. The summed E-state index contributed by atoms with van der Waals surface area (Å²) >= 11 is 14.2. The number of amides is 2. The predicted octanol–water partition coefficient (Wildman–Crippen LogP) is 8.90. The van der Waals surface area contributed by atoms with Gasteiger partial charge in [-0.1, -0.05) is 129 Å². The van der Waals surface area contributed by atoms with E-state index in [1.54, 1.807) is 34.2 Å². The summed E-state index contributed by atoms with van der Waals surface area (Å²) in [5.74, 6) is 0.566. The normalized spacial score (nSPS) is 13.5. The minimum atomic E-state index is -2.69. The van der Waals surface area contributed by atoms with Crippen molar-refractivity contribution in [3.8, 4) is 0 Å².